The van der Waals surface area contributed by atoms with Gasteiger partial charge in [0, 0.05) is 17.8 Å². The predicted octanol–water partition coefficient (Wildman–Crippen LogP) is 8.10. The summed E-state index contributed by atoms with van der Waals surface area (Å²) in [6, 6.07) is 42.7. The molecule has 0 saturated heterocycles. The zero-order chi connectivity index (χ0) is 26.6. The van der Waals surface area contributed by atoms with Crippen LogP contribution in [0.4, 0.5) is 14.5 Å². The number of hydrogen-bond donors (Lipinski definition) is 0. The Bertz CT molecular complexity index is 1350. The number of benzene rings is 5. The number of alkyl halides is 2. The van der Waals surface area contributed by atoms with E-state index >= 15 is 8.78 Å². The summed E-state index contributed by atoms with van der Waals surface area (Å²) in [4.78, 5) is 1.70. The van der Waals surface area contributed by atoms with Gasteiger partial charge in [0.05, 0.1) is 0 Å². The number of halogens is 3. The number of anilines is 1. The fraction of sp³-hybridized carbons (Fsp3) is 0.0909. The maximum Gasteiger partial charge on any atom is 0.391 e. The monoisotopic (exact) mass is 542 g/mol. The lowest BCUT2D eigenvalue weighted by Crippen LogP contribution is -2.50. The fourth-order valence-electron chi connectivity index (χ4n) is 5.22. The minimum atomic E-state index is -3.57. The molecule has 0 spiro atoms. The van der Waals surface area contributed by atoms with Gasteiger partial charge in [-0.25, -0.2) is 0 Å². The highest BCUT2D eigenvalue weighted by atomic mass is 35.5. The Hall–Kier alpha value is -3.52. The third-order valence-electron chi connectivity index (χ3n) is 6.94. The average molecular weight is 543 g/mol. The standard InChI is InChI=1S/C33H28ClF2NP/c1-37(28-14-6-2-7-15-28)32(26-22-24-27(34)25-23-26)33(35,36)38(29-16-8-3-9-17-29,30-18-10-4-11-19-30)31-20-12-5-13-21-31/h2-25,32H,1H3/q+1. The van der Waals surface area contributed by atoms with E-state index in [-0.39, 0.29) is 0 Å². The Morgan fingerprint density at radius 1 is 0.579 bits per heavy atom. The minimum Gasteiger partial charge on any atom is -0.358 e. The van der Waals surface area contributed by atoms with E-state index in [0.717, 1.165) is 0 Å². The smallest absolute Gasteiger partial charge is 0.358 e. The van der Waals surface area contributed by atoms with Gasteiger partial charge in [-0.15, -0.1) is 0 Å². The Kier molecular flexibility index (Phi) is 7.61. The first-order valence-corrected chi connectivity index (χ1v) is 14.6. The lowest BCUT2D eigenvalue weighted by atomic mass is 10.0. The first-order chi connectivity index (χ1) is 18.5. The molecule has 5 heteroatoms. The van der Waals surface area contributed by atoms with Crippen LogP contribution in [0.15, 0.2) is 146 Å². The van der Waals surface area contributed by atoms with Gasteiger partial charge in [0.2, 0.25) is 0 Å². The Morgan fingerprint density at radius 3 is 1.34 bits per heavy atom. The second kappa shape index (κ2) is 11.1. The largest absolute Gasteiger partial charge is 0.391 e. The Morgan fingerprint density at radius 2 is 0.947 bits per heavy atom. The van der Waals surface area contributed by atoms with Crippen LogP contribution in [0.1, 0.15) is 11.6 Å². The van der Waals surface area contributed by atoms with Crippen molar-refractivity contribution < 1.29 is 8.78 Å². The SMILES string of the molecule is CN(c1ccccc1)C(c1ccc(Cl)cc1)C(F)(F)[P+](c1ccccc1)(c1ccccc1)c1ccccc1. The lowest BCUT2D eigenvalue weighted by molar-refractivity contribution is 0.0654. The van der Waals surface area contributed by atoms with Crippen molar-refractivity contribution in [3.63, 3.8) is 0 Å². The molecular weight excluding hydrogens is 515 g/mol. The van der Waals surface area contributed by atoms with Gasteiger partial charge in [0.1, 0.15) is 15.9 Å². The maximum atomic E-state index is 18.2. The third-order valence-corrected chi connectivity index (χ3v) is 11.6. The number of rotatable bonds is 8. The van der Waals surface area contributed by atoms with Crippen molar-refractivity contribution in [1.29, 1.82) is 0 Å². The van der Waals surface area contributed by atoms with E-state index in [0.29, 0.717) is 32.2 Å². The number of hydrogen-bond acceptors (Lipinski definition) is 1. The molecule has 0 fully saturated rings. The van der Waals surface area contributed by atoms with E-state index in [9.17, 15) is 0 Å². The summed E-state index contributed by atoms with van der Waals surface area (Å²) in [5.74, 6) is 0. The number of nitrogens with zero attached hydrogens (tertiary/aromatic N) is 1. The average Bonchev–Trinajstić information content (AvgIpc) is 2.96. The van der Waals surface area contributed by atoms with Crippen LogP contribution in [-0.4, -0.2) is 12.7 Å². The quantitative estimate of drug-likeness (QED) is 0.179. The van der Waals surface area contributed by atoms with Gasteiger partial charge in [0.25, 0.3) is 0 Å². The van der Waals surface area contributed by atoms with Gasteiger partial charge < -0.3 is 4.90 Å². The van der Waals surface area contributed by atoms with Gasteiger partial charge in [0.15, 0.2) is 13.3 Å². The van der Waals surface area contributed by atoms with E-state index in [1.54, 1.807) is 36.2 Å². The van der Waals surface area contributed by atoms with Crippen molar-refractivity contribution in [1.82, 2.24) is 0 Å². The highest BCUT2D eigenvalue weighted by Gasteiger charge is 2.70. The van der Waals surface area contributed by atoms with Gasteiger partial charge in [-0.3, -0.25) is 0 Å². The normalized spacial score (nSPS) is 12.6. The van der Waals surface area contributed by atoms with Crippen LogP contribution in [-0.2, 0) is 0 Å². The van der Waals surface area contributed by atoms with Crippen molar-refractivity contribution in [2.75, 3.05) is 11.9 Å². The molecule has 0 bridgehead atoms. The molecule has 0 saturated carbocycles. The zero-order valence-corrected chi connectivity index (χ0v) is 22.6. The second-order valence-corrected chi connectivity index (χ2v) is 13.1. The van der Waals surface area contributed by atoms with Crippen molar-refractivity contribution in [2.45, 2.75) is 11.7 Å². The van der Waals surface area contributed by atoms with Crippen LogP contribution >= 0.6 is 18.9 Å². The minimum absolute atomic E-state index is 0.498. The molecule has 0 aliphatic carbocycles. The zero-order valence-electron chi connectivity index (χ0n) is 21.0. The molecule has 0 aromatic heterocycles. The molecule has 1 unspecified atom stereocenters. The fourth-order valence-corrected chi connectivity index (χ4v) is 9.82. The highest BCUT2D eigenvalue weighted by Crippen LogP contribution is 2.71. The Balaban J connectivity index is 1.87. The highest BCUT2D eigenvalue weighted by molar-refractivity contribution is 7.96. The summed E-state index contributed by atoms with van der Waals surface area (Å²) in [5, 5.41) is 2.39. The molecule has 1 atom stereocenters. The number of para-hydroxylation sites is 1. The molecule has 0 heterocycles. The second-order valence-electron chi connectivity index (χ2n) is 9.17. The first kappa shape index (κ1) is 26.1. The van der Waals surface area contributed by atoms with Crippen molar-refractivity contribution in [3.8, 4) is 0 Å². The van der Waals surface area contributed by atoms with E-state index in [1.165, 1.54) is 0 Å². The van der Waals surface area contributed by atoms with Crippen LogP contribution in [0.2, 0.25) is 5.02 Å². The van der Waals surface area contributed by atoms with Crippen LogP contribution in [0.5, 0.6) is 0 Å². The van der Waals surface area contributed by atoms with Crippen molar-refractivity contribution >= 4 is 40.5 Å². The topological polar surface area (TPSA) is 3.24 Å². The molecule has 1 nitrogen and oxygen atoms in total. The molecule has 0 radical (unpaired) electrons. The Labute approximate surface area is 228 Å². The summed E-state index contributed by atoms with van der Waals surface area (Å²) in [6.45, 7) is 0. The van der Waals surface area contributed by atoms with Gasteiger partial charge in [-0.1, -0.05) is 96.5 Å². The van der Waals surface area contributed by atoms with Gasteiger partial charge in [-0.2, -0.15) is 8.78 Å². The summed E-state index contributed by atoms with van der Waals surface area (Å²) < 4.78 is 36.3. The predicted molar refractivity (Wildman–Crippen MR) is 159 cm³/mol. The lowest BCUT2D eigenvalue weighted by Gasteiger charge is -2.42. The van der Waals surface area contributed by atoms with Crippen LogP contribution in [0.25, 0.3) is 0 Å². The van der Waals surface area contributed by atoms with Gasteiger partial charge >= 0.3 is 5.66 Å². The summed E-state index contributed by atoms with van der Waals surface area (Å²) in [7, 11) is -1.82. The van der Waals surface area contributed by atoms with Crippen LogP contribution < -0.4 is 20.8 Å². The summed E-state index contributed by atoms with van der Waals surface area (Å²) in [5.41, 5.74) is -2.03. The molecule has 38 heavy (non-hydrogen) atoms. The molecule has 190 valence electrons. The molecule has 5 rings (SSSR count). The summed E-state index contributed by atoms with van der Waals surface area (Å²) in [6.07, 6.45) is 0. The van der Waals surface area contributed by atoms with Crippen molar-refractivity contribution in [3.05, 3.63) is 156 Å². The van der Waals surface area contributed by atoms with Crippen LogP contribution in [0, 0.1) is 0 Å². The van der Waals surface area contributed by atoms with Crippen LogP contribution in [0.3, 0.4) is 0 Å². The molecule has 0 N–H and O–H groups in total. The maximum absolute atomic E-state index is 18.2. The first-order valence-electron chi connectivity index (χ1n) is 12.4. The van der Waals surface area contributed by atoms with Crippen molar-refractivity contribution in [2.24, 2.45) is 0 Å². The molecule has 0 aliphatic rings. The molecule has 5 aromatic rings. The molecule has 5 aromatic carbocycles. The molecule has 0 amide bonds. The summed E-state index contributed by atoms with van der Waals surface area (Å²) >= 11 is 6.21. The molecular formula is C33H28ClF2NP+. The van der Waals surface area contributed by atoms with Gasteiger partial charge in [-0.05, 0) is 66.2 Å². The van der Waals surface area contributed by atoms with E-state index in [4.69, 9.17) is 11.6 Å². The molecule has 0 aliphatic heterocycles. The van der Waals surface area contributed by atoms with E-state index in [1.807, 2.05) is 121 Å². The third kappa shape index (κ3) is 4.62. The van der Waals surface area contributed by atoms with E-state index < -0.39 is 19.0 Å². The van der Waals surface area contributed by atoms with E-state index in [2.05, 4.69) is 0 Å².